The Morgan fingerprint density at radius 2 is 2.10 bits per heavy atom. The molecule has 114 valence electrons. The van der Waals surface area contributed by atoms with Crippen LogP contribution in [-0.2, 0) is 11.2 Å². The number of nitrogens with two attached hydrogens (primary N) is 1. The third-order valence-corrected chi connectivity index (χ3v) is 2.98. The van der Waals surface area contributed by atoms with Crippen LogP contribution in [0, 0.1) is 0 Å². The van der Waals surface area contributed by atoms with Crippen LogP contribution >= 0.6 is 0 Å². The first-order valence-corrected chi connectivity index (χ1v) is 6.84. The number of aryl methyl sites for hydroxylation is 1. The molecule has 0 bridgehead atoms. The Labute approximate surface area is 123 Å². The summed E-state index contributed by atoms with van der Waals surface area (Å²) in [5, 5.41) is 2.65. The van der Waals surface area contributed by atoms with Gasteiger partial charge in [-0.3, -0.25) is 10.1 Å². The molecule has 0 radical (unpaired) electrons. The molecule has 1 heterocycles. The summed E-state index contributed by atoms with van der Waals surface area (Å²) >= 11 is 0. The van der Waals surface area contributed by atoms with E-state index in [9.17, 15) is 9.59 Å². The van der Waals surface area contributed by atoms with Crippen LogP contribution in [0.1, 0.15) is 43.1 Å². The maximum atomic E-state index is 11.8. The number of fused-ring (bicyclic) bond motifs is 1. The third-order valence-electron chi connectivity index (χ3n) is 2.98. The van der Waals surface area contributed by atoms with E-state index >= 15 is 0 Å². The molecule has 1 aromatic carbocycles. The molecule has 1 aromatic rings. The second kappa shape index (κ2) is 5.63. The predicted octanol–water partition coefficient (Wildman–Crippen LogP) is 1.96. The SMILES string of the molecule is CC(C)(C)OC(=O)NC1CCc2cccc(C(N)=O)c2O1. The predicted molar refractivity (Wildman–Crippen MR) is 77.1 cm³/mol. The van der Waals surface area contributed by atoms with Crippen molar-refractivity contribution in [2.45, 2.75) is 45.4 Å². The molecule has 0 saturated heterocycles. The summed E-state index contributed by atoms with van der Waals surface area (Å²) in [6.45, 7) is 5.36. The minimum absolute atomic E-state index is 0.322. The number of amides is 2. The van der Waals surface area contributed by atoms with Crippen molar-refractivity contribution in [3.05, 3.63) is 29.3 Å². The van der Waals surface area contributed by atoms with Gasteiger partial charge >= 0.3 is 6.09 Å². The maximum absolute atomic E-state index is 11.8. The number of ether oxygens (including phenoxy) is 2. The Hall–Kier alpha value is -2.24. The smallest absolute Gasteiger partial charge is 0.410 e. The van der Waals surface area contributed by atoms with Crippen LogP contribution in [-0.4, -0.2) is 23.8 Å². The van der Waals surface area contributed by atoms with Crippen LogP contribution in [0.3, 0.4) is 0 Å². The van der Waals surface area contributed by atoms with Crippen LogP contribution in [0.5, 0.6) is 5.75 Å². The van der Waals surface area contributed by atoms with E-state index < -0.39 is 23.8 Å². The Bertz CT molecular complexity index is 563. The quantitative estimate of drug-likeness (QED) is 0.871. The van der Waals surface area contributed by atoms with Gasteiger partial charge in [-0.05, 0) is 38.8 Å². The topological polar surface area (TPSA) is 90.6 Å². The molecule has 6 heteroatoms. The van der Waals surface area contributed by atoms with Crippen LogP contribution in [0.15, 0.2) is 18.2 Å². The van der Waals surface area contributed by atoms with E-state index in [2.05, 4.69) is 5.32 Å². The molecule has 2 rings (SSSR count). The van der Waals surface area contributed by atoms with Gasteiger partial charge in [0.15, 0.2) is 6.23 Å². The lowest BCUT2D eigenvalue weighted by atomic mass is 10.0. The van der Waals surface area contributed by atoms with E-state index in [-0.39, 0.29) is 0 Å². The van der Waals surface area contributed by atoms with Gasteiger partial charge in [-0.15, -0.1) is 0 Å². The summed E-state index contributed by atoms with van der Waals surface area (Å²) in [6, 6.07) is 5.26. The van der Waals surface area contributed by atoms with Crippen molar-refractivity contribution in [3.63, 3.8) is 0 Å². The van der Waals surface area contributed by atoms with E-state index in [0.717, 1.165) is 5.56 Å². The molecular formula is C15H20N2O4. The number of carbonyl (C=O) groups excluding carboxylic acids is 2. The standard InChI is InChI=1S/C15H20N2O4/c1-15(2,3)21-14(19)17-11-8-7-9-5-4-6-10(13(16)18)12(9)20-11/h4-6,11H,7-8H2,1-3H3,(H2,16,18)(H,17,19). The molecule has 0 spiro atoms. The van der Waals surface area contributed by atoms with Crippen LogP contribution in [0.25, 0.3) is 0 Å². The minimum atomic E-state index is -0.574. The van der Waals surface area contributed by atoms with Gasteiger partial charge in [0, 0.05) is 6.42 Å². The fourth-order valence-electron chi connectivity index (χ4n) is 2.14. The zero-order chi connectivity index (χ0) is 15.6. The lowest BCUT2D eigenvalue weighted by Crippen LogP contribution is -2.44. The number of rotatable bonds is 2. The fraction of sp³-hybridized carbons (Fsp3) is 0.467. The molecule has 6 nitrogen and oxygen atoms in total. The Morgan fingerprint density at radius 1 is 1.38 bits per heavy atom. The zero-order valence-corrected chi connectivity index (χ0v) is 12.4. The monoisotopic (exact) mass is 292 g/mol. The van der Waals surface area contributed by atoms with Crippen LogP contribution in [0.4, 0.5) is 4.79 Å². The zero-order valence-electron chi connectivity index (χ0n) is 12.4. The number of benzene rings is 1. The summed E-state index contributed by atoms with van der Waals surface area (Å²) in [5.74, 6) is -0.109. The summed E-state index contributed by atoms with van der Waals surface area (Å²) in [7, 11) is 0. The van der Waals surface area contributed by atoms with Gasteiger partial charge < -0.3 is 15.2 Å². The first-order chi connectivity index (χ1) is 9.76. The highest BCUT2D eigenvalue weighted by Crippen LogP contribution is 2.30. The molecule has 2 amide bonds. The maximum Gasteiger partial charge on any atom is 0.410 e. The average Bonchev–Trinajstić information content (AvgIpc) is 2.35. The van der Waals surface area contributed by atoms with E-state index in [4.69, 9.17) is 15.2 Å². The van der Waals surface area contributed by atoms with E-state index in [0.29, 0.717) is 24.2 Å². The lowest BCUT2D eigenvalue weighted by Gasteiger charge is -2.29. The van der Waals surface area contributed by atoms with Gasteiger partial charge in [0.1, 0.15) is 11.4 Å². The third kappa shape index (κ3) is 3.87. The number of hydrogen-bond acceptors (Lipinski definition) is 4. The molecule has 1 atom stereocenters. The number of alkyl carbamates (subject to hydrolysis) is 1. The van der Waals surface area contributed by atoms with Gasteiger partial charge in [-0.1, -0.05) is 12.1 Å². The van der Waals surface area contributed by atoms with E-state index in [1.165, 1.54) is 0 Å². The minimum Gasteiger partial charge on any atom is -0.469 e. The van der Waals surface area contributed by atoms with E-state index in [1.807, 2.05) is 6.07 Å². The largest absolute Gasteiger partial charge is 0.469 e. The Kier molecular flexibility index (Phi) is 4.06. The van der Waals surface area contributed by atoms with Crippen LogP contribution in [0.2, 0.25) is 0 Å². The molecule has 0 fully saturated rings. The summed E-state index contributed by atoms with van der Waals surface area (Å²) in [4.78, 5) is 23.2. The van der Waals surface area contributed by atoms with Crippen molar-refractivity contribution < 1.29 is 19.1 Å². The van der Waals surface area contributed by atoms with E-state index in [1.54, 1.807) is 32.9 Å². The summed E-state index contributed by atoms with van der Waals surface area (Å²) < 4.78 is 10.9. The number of para-hydroxylation sites is 1. The first kappa shape index (κ1) is 15.2. The van der Waals surface area contributed by atoms with Crippen molar-refractivity contribution in [1.82, 2.24) is 5.32 Å². The molecule has 21 heavy (non-hydrogen) atoms. The first-order valence-electron chi connectivity index (χ1n) is 6.84. The van der Waals surface area contributed by atoms with Crippen molar-refractivity contribution in [1.29, 1.82) is 0 Å². The number of primary amides is 1. The van der Waals surface area contributed by atoms with Crippen molar-refractivity contribution in [2.24, 2.45) is 5.73 Å². The van der Waals surface area contributed by atoms with Crippen molar-refractivity contribution >= 4 is 12.0 Å². The molecule has 0 saturated carbocycles. The fourth-order valence-corrected chi connectivity index (χ4v) is 2.14. The Balaban J connectivity index is 2.09. The molecule has 3 N–H and O–H groups in total. The van der Waals surface area contributed by atoms with Crippen molar-refractivity contribution in [2.75, 3.05) is 0 Å². The van der Waals surface area contributed by atoms with Crippen molar-refractivity contribution in [3.8, 4) is 5.75 Å². The molecule has 1 aliphatic heterocycles. The summed E-state index contributed by atoms with van der Waals surface area (Å²) in [6.07, 6.45) is 0.214. The lowest BCUT2D eigenvalue weighted by molar-refractivity contribution is 0.0365. The second-order valence-corrected chi connectivity index (χ2v) is 5.95. The highest BCUT2D eigenvalue weighted by molar-refractivity contribution is 5.96. The average molecular weight is 292 g/mol. The van der Waals surface area contributed by atoms with Gasteiger partial charge in [0.2, 0.25) is 0 Å². The van der Waals surface area contributed by atoms with Gasteiger partial charge in [0.05, 0.1) is 5.56 Å². The van der Waals surface area contributed by atoms with Crippen LogP contribution < -0.4 is 15.8 Å². The normalized spacial score (nSPS) is 17.4. The molecule has 0 aliphatic carbocycles. The van der Waals surface area contributed by atoms with Gasteiger partial charge in [-0.25, -0.2) is 4.79 Å². The molecule has 0 aromatic heterocycles. The number of carbonyl (C=O) groups is 2. The highest BCUT2D eigenvalue weighted by atomic mass is 16.6. The molecule has 1 unspecified atom stereocenters. The number of nitrogens with one attached hydrogen (secondary N) is 1. The summed E-state index contributed by atoms with van der Waals surface area (Å²) in [5.41, 5.74) is 6.00. The second-order valence-electron chi connectivity index (χ2n) is 5.95. The Morgan fingerprint density at radius 3 is 2.71 bits per heavy atom. The number of hydrogen-bond donors (Lipinski definition) is 2. The molecular weight excluding hydrogens is 272 g/mol. The van der Waals surface area contributed by atoms with Gasteiger partial charge in [0.25, 0.3) is 5.91 Å². The highest BCUT2D eigenvalue weighted by Gasteiger charge is 2.26. The van der Waals surface area contributed by atoms with Gasteiger partial charge in [-0.2, -0.15) is 0 Å². The molecule has 1 aliphatic rings.